The Morgan fingerprint density at radius 1 is 1.16 bits per heavy atom. The highest BCUT2D eigenvalue weighted by Gasteiger charge is 2.14. The van der Waals surface area contributed by atoms with Crippen LogP contribution in [0.5, 0.6) is 0 Å². The zero-order valence-electron chi connectivity index (χ0n) is 9.95. The van der Waals surface area contributed by atoms with E-state index < -0.39 is 17.5 Å². The maximum absolute atomic E-state index is 13.1. The number of carbonyl (C=O) groups excluding carboxylic acids is 1. The quantitative estimate of drug-likeness (QED) is 0.890. The third-order valence-electron chi connectivity index (χ3n) is 2.30. The molecule has 0 atom stereocenters. The first kappa shape index (κ1) is 12.9. The minimum atomic E-state index is -0.629. The van der Waals surface area contributed by atoms with Gasteiger partial charge >= 0.3 is 0 Å². The molecule has 0 saturated carbocycles. The van der Waals surface area contributed by atoms with Gasteiger partial charge in [0.1, 0.15) is 23.3 Å². The molecule has 0 aliphatic carbocycles. The first-order valence-corrected chi connectivity index (χ1v) is 5.36. The molecule has 0 saturated heterocycles. The van der Waals surface area contributed by atoms with E-state index in [4.69, 9.17) is 0 Å². The van der Waals surface area contributed by atoms with Gasteiger partial charge in [-0.2, -0.15) is 0 Å². The molecule has 0 fully saturated rings. The zero-order chi connectivity index (χ0) is 13.8. The van der Waals surface area contributed by atoms with Crippen LogP contribution in [0, 0.1) is 11.6 Å². The minimum absolute atomic E-state index is 0.0358. The SMILES string of the molecule is CNc1ncc(F)cc1C(=O)Nc1ccc(F)cn1. The van der Waals surface area contributed by atoms with Crippen LogP contribution >= 0.6 is 0 Å². The average Bonchev–Trinajstić information content (AvgIpc) is 2.41. The largest absolute Gasteiger partial charge is 0.372 e. The Morgan fingerprint density at radius 2 is 1.89 bits per heavy atom. The molecule has 0 radical (unpaired) electrons. The van der Waals surface area contributed by atoms with E-state index in [1.165, 1.54) is 6.07 Å². The monoisotopic (exact) mass is 264 g/mol. The van der Waals surface area contributed by atoms with Gasteiger partial charge < -0.3 is 10.6 Å². The van der Waals surface area contributed by atoms with E-state index in [2.05, 4.69) is 20.6 Å². The molecule has 2 aromatic rings. The molecule has 2 aromatic heterocycles. The fourth-order valence-corrected chi connectivity index (χ4v) is 1.44. The van der Waals surface area contributed by atoms with Gasteiger partial charge in [0.25, 0.3) is 5.91 Å². The summed E-state index contributed by atoms with van der Waals surface area (Å²) in [6.45, 7) is 0. The smallest absolute Gasteiger partial charge is 0.260 e. The molecule has 98 valence electrons. The molecule has 0 aromatic carbocycles. The molecule has 2 heterocycles. The lowest BCUT2D eigenvalue weighted by Crippen LogP contribution is -2.16. The van der Waals surface area contributed by atoms with Crippen LogP contribution in [0.15, 0.2) is 30.6 Å². The van der Waals surface area contributed by atoms with E-state index in [0.717, 1.165) is 24.5 Å². The van der Waals surface area contributed by atoms with E-state index in [1.54, 1.807) is 7.05 Å². The first-order valence-electron chi connectivity index (χ1n) is 5.36. The van der Waals surface area contributed by atoms with Crippen molar-refractivity contribution in [3.8, 4) is 0 Å². The summed E-state index contributed by atoms with van der Waals surface area (Å²) in [5.74, 6) is -1.33. The maximum Gasteiger partial charge on any atom is 0.260 e. The lowest BCUT2D eigenvalue weighted by Gasteiger charge is -2.08. The second kappa shape index (κ2) is 5.38. The normalized spacial score (nSPS) is 10.1. The maximum atomic E-state index is 13.1. The van der Waals surface area contributed by atoms with Gasteiger partial charge in [-0.1, -0.05) is 0 Å². The molecule has 0 bridgehead atoms. The Kier molecular flexibility index (Phi) is 3.65. The molecule has 0 unspecified atom stereocenters. The number of anilines is 2. The molecule has 0 spiro atoms. The van der Waals surface area contributed by atoms with Crippen molar-refractivity contribution in [3.05, 3.63) is 47.8 Å². The van der Waals surface area contributed by atoms with Crippen LogP contribution in [0.1, 0.15) is 10.4 Å². The van der Waals surface area contributed by atoms with Crippen LogP contribution in [0.25, 0.3) is 0 Å². The number of hydrogen-bond acceptors (Lipinski definition) is 4. The molecule has 0 aliphatic heterocycles. The highest BCUT2D eigenvalue weighted by Crippen LogP contribution is 2.15. The second-order valence-electron chi connectivity index (χ2n) is 3.62. The number of hydrogen-bond donors (Lipinski definition) is 2. The Balaban J connectivity index is 2.24. The minimum Gasteiger partial charge on any atom is -0.372 e. The predicted octanol–water partition coefficient (Wildman–Crippen LogP) is 2.05. The number of halogens is 2. The van der Waals surface area contributed by atoms with Gasteiger partial charge in [0.15, 0.2) is 0 Å². The number of aromatic nitrogens is 2. The fourth-order valence-electron chi connectivity index (χ4n) is 1.44. The molecule has 7 heteroatoms. The van der Waals surface area contributed by atoms with Gasteiger partial charge in [0.2, 0.25) is 0 Å². The summed E-state index contributed by atoms with van der Waals surface area (Å²) in [5.41, 5.74) is 0.0358. The molecule has 0 aliphatic rings. The standard InChI is InChI=1S/C12H10F2N4O/c1-15-11-9(4-8(14)6-17-11)12(19)18-10-3-2-7(13)5-16-10/h2-6H,1H3,(H,15,17)(H,16,18,19). The van der Waals surface area contributed by atoms with Crippen molar-refractivity contribution in [3.63, 3.8) is 0 Å². The van der Waals surface area contributed by atoms with E-state index in [1.807, 2.05) is 0 Å². The lowest BCUT2D eigenvalue weighted by molar-refractivity contribution is 0.102. The molecule has 2 N–H and O–H groups in total. The molecular formula is C12H10F2N4O. The Labute approximate surface area is 107 Å². The summed E-state index contributed by atoms with van der Waals surface area (Å²) >= 11 is 0. The van der Waals surface area contributed by atoms with Crippen LogP contribution in [-0.2, 0) is 0 Å². The van der Waals surface area contributed by atoms with E-state index in [9.17, 15) is 13.6 Å². The van der Waals surface area contributed by atoms with Crippen molar-refractivity contribution >= 4 is 17.5 Å². The van der Waals surface area contributed by atoms with Crippen molar-refractivity contribution in [2.45, 2.75) is 0 Å². The molecule has 19 heavy (non-hydrogen) atoms. The van der Waals surface area contributed by atoms with Crippen molar-refractivity contribution in [1.29, 1.82) is 0 Å². The summed E-state index contributed by atoms with van der Waals surface area (Å²) in [4.78, 5) is 19.4. The van der Waals surface area contributed by atoms with Gasteiger partial charge in [-0.3, -0.25) is 4.79 Å². The Morgan fingerprint density at radius 3 is 2.53 bits per heavy atom. The summed E-state index contributed by atoms with van der Waals surface area (Å²) in [7, 11) is 1.56. The Hall–Kier alpha value is -2.57. The molecule has 5 nitrogen and oxygen atoms in total. The van der Waals surface area contributed by atoms with Crippen LogP contribution in [0.4, 0.5) is 20.4 Å². The van der Waals surface area contributed by atoms with E-state index in [-0.39, 0.29) is 17.2 Å². The average molecular weight is 264 g/mol. The Bertz CT molecular complexity index is 601. The van der Waals surface area contributed by atoms with Crippen LogP contribution in [0.2, 0.25) is 0 Å². The summed E-state index contributed by atoms with van der Waals surface area (Å²) in [6, 6.07) is 3.52. The number of carbonyl (C=O) groups is 1. The van der Waals surface area contributed by atoms with Crippen LogP contribution < -0.4 is 10.6 Å². The highest BCUT2D eigenvalue weighted by atomic mass is 19.1. The van der Waals surface area contributed by atoms with Gasteiger partial charge in [-0.25, -0.2) is 18.7 Å². The van der Waals surface area contributed by atoms with E-state index >= 15 is 0 Å². The number of amides is 1. The van der Waals surface area contributed by atoms with Gasteiger partial charge in [-0.15, -0.1) is 0 Å². The number of rotatable bonds is 3. The van der Waals surface area contributed by atoms with Crippen molar-refractivity contribution in [2.75, 3.05) is 17.7 Å². The van der Waals surface area contributed by atoms with Crippen molar-refractivity contribution in [2.24, 2.45) is 0 Å². The third kappa shape index (κ3) is 3.01. The molecular weight excluding hydrogens is 254 g/mol. The van der Waals surface area contributed by atoms with Crippen molar-refractivity contribution < 1.29 is 13.6 Å². The number of nitrogens with one attached hydrogen (secondary N) is 2. The number of nitrogens with zero attached hydrogens (tertiary/aromatic N) is 2. The highest BCUT2D eigenvalue weighted by molar-refractivity contribution is 6.07. The third-order valence-corrected chi connectivity index (χ3v) is 2.30. The number of pyridine rings is 2. The molecule has 1 amide bonds. The van der Waals surface area contributed by atoms with E-state index in [0.29, 0.717) is 0 Å². The van der Waals surface area contributed by atoms with Gasteiger partial charge in [-0.05, 0) is 18.2 Å². The second-order valence-corrected chi connectivity index (χ2v) is 3.62. The van der Waals surface area contributed by atoms with Crippen LogP contribution in [-0.4, -0.2) is 22.9 Å². The topological polar surface area (TPSA) is 66.9 Å². The summed E-state index contributed by atoms with van der Waals surface area (Å²) in [5, 5.41) is 5.10. The van der Waals surface area contributed by atoms with Crippen molar-refractivity contribution in [1.82, 2.24) is 9.97 Å². The summed E-state index contributed by atoms with van der Waals surface area (Å²) in [6.07, 6.45) is 1.97. The van der Waals surface area contributed by atoms with Crippen LogP contribution in [0.3, 0.4) is 0 Å². The summed E-state index contributed by atoms with van der Waals surface area (Å²) < 4.78 is 25.8. The lowest BCUT2D eigenvalue weighted by atomic mass is 10.2. The zero-order valence-corrected chi connectivity index (χ0v) is 9.95. The fraction of sp³-hybridized carbons (Fsp3) is 0.0833. The predicted molar refractivity (Wildman–Crippen MR) is 65.9 cm³/mol. The molecule has 2 rings (SSSR count). The first-order chi connectivity index (χ1) is 9.10. The van der Waals surface area contributed by atoms with Gasteiger partial charge in [0.05, 0.1) is 18.0 Å². The van der Waals surface area contributed by atoms with Gasteiger partial charge in [0, 0.05) is 7.05 Å².